The minimum Gasteiger partial charge on any atom is -0.390 e. The first-order valence-electron chi connectivity index (χ1n) is 9.89. The highest BCUT2D eigenvalue weighted by molar-refractivity contribution is 6.31. The lowest BCUT2D eigenvalue weighted by Gasteiger charge is -2.46. The molecular formula is C23H28Cl2FNO. The Hall–Kier alpha value is -1.13. The Balaban J connectivity index is 1.90. The van der Waals surface area contributed by atoms with Crippen LogP contribution < -0.4 is 0 Å². The standard InChI is InChI=1S/C23H28Cl2FNO/c1-27(2)22(18-11-10-17(26)15-21(18)25)19-8-5-6-13-23(19,28)14-12-16-7-3-4-9-20(16)24/h3-4,7,9-11,15,19,22,28H,5-6,8,12-14H2,1-2H3. The lowest BCUT2D eigenvalue weighted by molar-refractivity contribution is -0.0828. The van der Waals surface area contributed by atoms with Crippen LogP contribution in [-0.4, -0.2) is 29.7 Å². The fourth-order valence-corrected chi connectivity index (χ4v) is 5.17. The second-order valence-electron chi connectivity index (χ2n) is 8.12. The third-order valence-electron chi connectivity index (χ3n) is 6.07. The molecule has 3 unspecified atom stereocenters. The second kappa shape index (κ2) is 9.13. The summed E-state index contributed by atoms with van der Waals surface area (Å²) in [7, 11) is 3.99. The highest BCUT2D eigenvalue weighted by Gasteiger charge is 2.44. The van der Waals surface area contributed by atoms with Gasteiger partial charge in [0.15, 0.2) is 0 Å². The van der Waals surface area contributed by atoms with Crippen molar-refractivity contribution in [2.45, 2.75) is 50.2 Å². The smallest absolute Gasteiger partial charge is 0.124 e. The van der Waals surface area contributed by atoms with Crippen molar-refractivity contribution in [2.75, 3.05) is 14.1 Å². The van der Waals surface area contributed by atoms with Crippen LogP contribution in [0.2, 0.25) is 10.0 Å². The molecule has 0 aliphatic heterocycles. The summed E-state index contributed by atoms with van der Waals surface area (Å²) in [5, 5.41) is 12.9. The van der Waals surface area contributed by atoms with Gasteiger partial charge in [-0.3, -0.25) is 0 Å². The van der Waals surface area contributed by atoms with E-state index in [1.807, 2.05) is 38.4 Å². The van der Waals surface area contributed by atoms with Crippen LogP contribution in [0.5, 0.6) is 0 Å². The van der Waals surface area contributed by atoms with E-state index < -0.39 is 5.60 Å². The normalized spacial score (nSPS) is 23.8. The summed E-state index contributed by atoms with van der Waals surface area (Å²) in [5.74, 6) is -0.328. The maximum atomic E-state index is 13.6. The summed E-state index contributed by atoms with van der Waals surface area (Å²) in [4.78, 5) is 2.09. The molecule has 0 heterocycles. The lowest BCUT2D eigenvalue weighted by Crippen LogP contribution is -2.47. The van der Waals surface area contributed by atoms with E-state index in [0.717, 1.165) is 48.3 Å². The van der Waals surface area contributed by atoms with E-state index in [9.17, 15) is 9.50 Å². The second-order valence-corrected chi connectivity index (χ2v) is 8.94. The van der Waals surface area contributed by atoms with Crippen molar-refractivity contribution in [3.05, 3.63) is 69.5 Å². The first kappa shape index (κ1) is 21.6. The van der Waals surface area contributed by atoms with Gasteiger partial charge in [0.05, 0.1) is 5.60 Å². The summed E-state index contributed by atoms with van der Waals surface area (Å²) in [6, 6.07) is 12.3. The van der Waals surface area contributed by atoms with Gasteiger partial charge in [0, 0.05) is 22.0 Å². The van der Waals surface area contributed by atoms with Gasteiger partial charge in [0.2, 0.25) is 0 Å². The van der Waals surface area contributed by atoms with Crippen LogP contribution in [0.1, 0.15) is 49.3 Å². The fraction of sp³-hybridized carbons (Fsp3) is 0.478. The van der Waals surface area contributed by atoms with Crippen LogP contribution in [0.4, 0.5) is 4.39 Å². The van der Waals surface area contributed by atoms with E-state index in [1.54, 1.807) is 6.07 Å². The maximum absolute atomic E-state index is 13.6. The van der Waals surface area contributed by atoms with Gasteiger partial charge in [-0.2, -0.15) is 0 Å². The average molecular weight is 424 g/mol. The first-order chi connectivity index (χ1) is 13.3. The number of aryl methyl sites for hydroxylation is 1. The number of aliphatic hydroxyl groups is 1. The molecule has 0 saturated heterocycles. The monoisotopic (exact) mass is 423 g/mol. The molecule has 2 aromatic carbocycles. The molecule has 5 heteroatoms. The summed E-state index contributed by atoms with van der Waals surface area (Å²) >= 11 is 12.7. The van der Waals surface area contributed by atoms with Crippen molar-refractivity contribution in [3.63, 3.8) is 0 Å². The van der Waals surface area contributed by atoms with Crippen molar-refractivity contribution < 1.29 is 9.50 Å². The van der Waals surface area contributed by atoms with Crippen LogP contribution >= 0.6 is 23.2 Å². The van der Waals surface area contributed by atoms with Crippen molar-refractivity contribution in [3.8, 4) is 0 Å². The van der Waals surface area contributed by atoms with Crippen LogP contribution in [0, 0.1) is 11.7 Å². The van der Waals surface area contributed by atoms with Crippen molar-refractivity contribution >= 4 is 23.2 Å². The molecule has 1 N–H and O–H groups in total. The van der Waals surface area contributed by atoms with Crippen molar-refractivity contribution in [2.24, 2.45) is 5.92 Å². The van der Waals surface area contributed by atoms with Crippen LogP contribution in [0.3, 0.4) is 0 Å². The molecule has 1 fully saturated rings. The van der Waals surface area contributed by atoms with Crippen LogP contribution in [0.15, 0.2) is 42.5 Å². The summed E-state index contributed by atoms with van der Waals surface area (Å²) in [6.07, 6.45) is 5.12. The minimum atomic E-state index is -0.815. The minimum absolute atomic E-state index is 0.0155. The first-order valence-corrected chi connectivity index (χ1v) is 10.6. The van der Waals surface area contributed by atoms with Crippen molar-refractivity contribution in [1.82, 2.24) is 4.90 Å². The fourth-order valence-electron chi connectivity index (χ4n) is 4.66. The highest BCUT2D eigenvalue weighted by atomic mass is 35.5. The zero-order chi connectivity index (χ0) is 20.3. The Morgan fingerprint density at radius 3 is 2.57 bits per heavy atom. The number of hydrogen-bond donors (Lipinski definition) is 1. The quantitative estimate of drug-likeness (QED) is 0.589. The maximum Gasteiger partial charge on any atom is 0.124 e. The number of benzene rings is 2. The third-order valence-corrected chi connectivity index (χ3v) is 6.76. The number of nitrogens with zero attached hydrogens (tertiary/aromatic N) is 1. The number of rotatable bonds is 6. The van der Waals surface area contributed by atoms with E-state index in [4.69, 9.17) is 23.2 Å². The Bertz CT molecular complexity index is 813. The summed E-state index contributed by atoms with van der Waals surface area (Å²) in [6.45, 7) is 0. The van der Waals surface area contributed by atoms with Gasteiger partial charge in [-0.15, -0.1) is 0 Å². The molecule has 0 radical (unpaired) electrons. The predicted molar refractivity (Wildman–Crippen MR) is 115 cm³/mol. The molecule has 0 amide bonds. The highest BCUT2D eigenvalue weighted by Crippen LogP contribution is 2.47. The van der Waals surface area contributed by atoms with Gasteiger partial charge >= 0.3 is 0 Å². The molecule has 0 bridgehead atoms. The molecule has 152 valence electrons. The number of halogens is 3. The molecule has 1 saturated carbocycles. The van der Waals surface area contributed by atoms with Crippen LogP contribution in [-0.2, 0) is 6.42 Å². The molecule has 0 aromatic heterocycles. The van der Waals surface area contributed by atoms with Gasteiger partial charge in [-0.25, -0.2) is 4.39 Å². The summed E-state index contributed by atoms with van der Waals surface area (Å²) in [5.41, 5.74) is 1.11. The molecule has 3 atom stereocenters. The van der Waals surface area contributed by atoms with Gasteiger partial charge in [-0.1, -0.05) is 60.3 Å². The topological polar surface area (TPSA) is 23.5 Å². The van der Waals surface area contributed by atoms with Gasteiger partial charge < -0.3 is 10.0 Å². The molecule has 28 heavy (non-hydrogen) atoms. The molecule has 2 nitrogen and oxygen atoms in total. The van der Waals surface area contributed by atoms with E-state index >= 15 is 0 Å². The van der Waals surface area contributed by atoms with E-state index in [1.165, 1.54) is 12.1 Å². The largest absolute Gasteiger partial charge is 0.390 e. The molecule has 3 rings (SSSR count). The Morgan fingerprint density at radius 2 is 1.89 bits per heavy atom. The zero-order valence-electron chi connectivity index (χ0n) is 16.5. The zero-order valence-corrected chi connectivity index (χ0v) is 18.0. The van der Waals surface area contributed by atoms with E-state index in [2.05, 4.69) is 4.90 Å². The average Bonchev–Trinajstić information content (AvgIpc) is 2.64. The van der Waals surface area contributed by atoms with Crippen molar-refractivity contribution in [1.29, 1.82) is 0 Å². The Morgan fingerprint density at radius 1 is 1.14 bits per heavy atom. The van der Waals surface area contributed by atoms with Gasteiger partial charge in [-0.05, 0) is 69.1 Å². The SMILES string of the molecule is CN(C)C(c1ccc(F)cc1Cl)C1CCCCC1(O)CCc1ccccc1Cl. The summed E-state index contributed by atoms with van der Waals surface area (Å²) < 4.78 is 13.6. The van der Waals surface area contributed by atoms with E-state index in [-0.39, 0.29) is 17.8 Å². The third kappa shape index (κ3) is 4.71. The molecule has 1 aliphatic carbocycles. The van der Waals surface area contributed by atoms with E-state index in [0.29, 0.717) is 11.4 Å². The van der Waals surface area contributed by atoms with Gasteiger partial charge in [0.25, 0.3) is 0 Å². The lowest BCUT2D eigenvalue weighted by atomic mass is 9.67. The Labute approximate surface area is 177 Å². The molecule has 2 aromatic rings. The predicted octanol–water partition coefficient (Wildman–Crippen LogP) is 6.29. The molecule has 0 spiro atoms. The van der Waals surface area contributed by atoms with Gasteiger partial charge in [0.1, 0.15) is 5.82 Å². The van der Waals surface area contributed by atoms with Crippen LogP contribution in [0.25, 0.3) is 0 Å². The molecule has 1 aliphatic rings. The Kier molecular flexibility index (Phi) is 7.03. The number of hydrogen-bond acceptors (Lipinski definition) is 2. The molecular weight excluding hydrogens is 396 g/mol.